The number of rotatable bonds is 5. The van der Waals surface area contributed by atoms with Crippen LogP contribution >= 0.6 is 11.6 Å². The number of hydrogen-bond acceptors (Lipinski definition) is 5. The van der Waals surface area contributed by atoms with Gasteiger partial charge in [-0.05, 0) is 6.07 Å². The van der Waals surface area contributed by atoms with Crippen LogP contribution in [0.4, 0.5) is 5.69 Å². The van der Waals surface area contributed by atoms with E-state index in [9.17, 15) is 14.9 Å². The molecule has 0 saturated carbocycles. The second kappa shape index (κ2) is 6.20. The third kappa shape index (κ3) is 3.10. The predicted octanol–water partition coefficient (Wildman–Crippen LogP) is 2.06. The van der Waals surface area contributed by atoms with Crippen LogP contribution in [0.1, 0.15) is 11.1 Å². The summed E-state index contributed by atoms with van der Waals surface area (Å²) in [6.07, 6.45) is -0.180. The van der Waals surface area contributed by atoms with Crippen molar-refractivity contribution in [1.29, 1.82) is 0 Å². The minimum Gasteiger partial charge on any atom is -0.496 e. The first-order chi connectivity index (χ1) is 8.53. The largest absolute Gasteiger partial charge is 0.496 e. The summed E-state index contributed by atoms with van der Waals surface area (Å²) in [5, 5.41) is 10.9. The number of alkyl halides is 1. The van der Waals surface area contributed by atoms with Gasteiger partial charge in [-0.2, -0.15) is 0 Å². The number of nitrogens with zero attached hydrogens (tertiary/aromatic N) is 1. The van der Waals surface area contributed by atoms with Crippen molar-refractivity contribution in [3.63, 3.8) is 0 Å². The van der Waals surface area contributed by atoms with Crippen LogP contribution in [-0.4, -0.2) is 25.1 Å². The minimum atomic E-state index is -0.571. The molecule has 0 heterocycles. The van der Waals surface area contributed by atoms with Crippen LogP contribution in [0, 0.1) is 10.1 Å². The molecule has 18 heavy (non-hydrogen) atoms. The SMILES string of the molecule is COC(=O)Cc1cc(CCl)c(OC)cc1[N+](=O)[O-]. The number of benzene rings is 1. The van der Waals surface area contributed by atoms with Crippen LogP contribution in [0.25, 0.3) is 0 Å². The van der Waals surface area contributed by atoms with Crippen molar-refractivity contribution in [2.75, 3.05) is 14.2 Å². The van der Waals surface area contributed by atoms with Crippen molar-refractivity contribution >= 4 is 23.3 Å². The van der Waals surface area contributed by atoms with Crippen molar-refractivity contribution in [2.45, 2.75) is 12.3 Å². The number of carbonyl (C=O) groups excluding carboxylic acids is 1. The third-order valence-corrected chi connectivity index (χ3v) is 2.67. The fourth-order valence-corrected chi connectivity index (χ4v) is 1.71. The third-order valence-electron chi connectivity index (χ3n) is 2.38. The highest BCUT2D eigenvalue weighted by Crippen LogP contribution is 2.30. The van der Waals surface area contributed by atoms with Gasteiger partial charge in [0.1, 0.15) is 5.75 Å². The normalized spacial score (nSPS) is 9.94. The molecule has 0 aliphatic heterocycles. The zero-order valence-electron chi connectivity index (χ0n) is 9.94. The zero-order valence-corrected chi connectivity index (χ0v) is 10.7. The topological polar surface area (TPSA) is 78.7 Å². The number of carbonyl (C=O) groups is 1. The van der Waals surface area contributed by atoms with Gasteiger partial charge >= 0.3 is 5.97 Å². The lowest BCUT2D eigenvalue weighted by Crippen LogP contribution is -2.08. The summed E-state index contributed by atoms with van der Waals surface area (Å²) in [5.74, 6) is -0.0934. The molecule has 0 radical (unpaired) electrons. The lowest BCUT2D eigenvalue weighted by atomic mass is 10.1. The van der Waals surface area contributed by atoms with E-state index in [1.165, 1.54) is 26.4 Å². The molecule has 0 saturated heterocycles. The van der Waals surface area contributed by atoms with E-state index in [2.05, 4.69) is 4.74 Å². The summed E-state index contributed by atoms with van der Waals surface area (Å²) in [6, 6.07) is 2.75. The molecule has 0 atom stereocenters. The van der Waals surface area contributed by atoms with Crippen LogP contribution in [0.15, 0.2) is 12.1 Å². The Morgan fingerprint density at radius 3 is 2.50 bits per heavy atom. The van der Waals surface area contributed by atoms with Crippen molar-refractivity contribution in [2.24, 2.45) is 0 Å². The predicted molar refractivity (Wildman–Crippen MR) is 64.9 cm³/mol. The van der Waals surface area contributed by atoms with Crippen LogP contribution in [-0.2, 0) is 21.8 Å². The van der Waals surface area contributed by atoms with Gasteiger partial charge in [-0.3, -0.25) is 14.9 Å². The van der Waals surface area contributed by atoms with E-state index in [-0.39, 0.29) is 23.6 Å². The molecule has 7 heteroatoms. The van der Waals surface area contributed by atoms with E-state index in [1.807, 2.05) is 0 Å². The van der Waals surface area contributed by atoms with Crippen molar-refractivity contribution < 1.29 is 19.2 Å². The molecule has 0 aliphatic rings. The summed E-state index contributed by atoms with van der Waals surface area (Å²) >= 11 is 5.72. The monoisotopic (exact) mass is 273 g/mol. The molecular weight excluding hydrogens is 262 g/mol. The molecule has 0 fully saturated rings. The molecule has 1 aromatic carbocycles. The standard InChI is InChI=1S/C11H12ClNO5/c1-17-10-5-9(13(15)16)7(3-8(10)6-12)4-11(14)18-2/h3,5H,4,6H2,1-2H3. The van der Waals surface area contributed by atoms with Crippen LogP contribution in [0.3, 0.4) is 0 Å². The van der Waals surface area contributed by atoms with E-state index in [0.29, 0.717) is 11.3 Å². The first kappa shape index (κ1) is 14.2. The Morgan fingerprint density at radius 1 is 1.39 bits per heavy atom. The quantitative estimate of drug-likeness (QED) is 0.355. The summed E-state index contributed by atoms with van der Waals surface area (Å²) in [5.41, 5.74) is 0.651. The Kier molecular flexibility index (Phi) is 4.91. The Balaban J connectivity index is 3.28. The van der Waals surface area contributed by atoms with Crippen LogP contribution < -0.4 is 4.74 Å². The molecule has 0 aromatic heterocycles. The molecule has 0 unspecified atom stereocenters. The summed E-state index contributed by atoms with van der Waals surface area (Å²) in [6.45, 7) is 0. The molecule has 0 spiro atoms. The van der Waals surface area contributed by atoms with Crippen LogP contribution in [0.2, 0.25) is 0 Å². The molecule has 98 valence electrons. The summed E-state index contributed by atoms with van der Waals surface area (Å²) in [7, 11) is 2.62. The van der Waals surface area contributed by atoms with Gasteiger partial charge in [-0.25, -0.2) is 0 Å². The highest BCUT2D eigenvalue weighted by molar-refractivity contribution is 6.17. The van der Waals surface area contributed by atoms with Gasteiger partial charge < -0.3 is 9.47 Å². The fraction of sp³-hybridized carbons (Fsp3) is 0.364. The van der Waals surface area contributed by atoms with Crippen molar-refractivity contribution in [3.05, 3.63) is 33.4 Å². The van der Waals surface area contributed by atoms with E-state index in [0.717, 1.165) is 0 Å². The van der Waals surface area contributed by atoms with E-state index in [4.69, 9.17) is 16.3 Å². The lowest BCUT2D eigenvalue weighted by Gasteiger charge is -2.09. The van der Waals surface area contributed by atoms with Crippen LogP contribution in [0.5, 0.6) is 5.75 Å². The van der Waals surface area contributed by atoms with Gasteiger partial charge in [0.25, 0.3) is 5.69 Å². The van der Waals surface area contributed by atoms with Crippen molar-refractivity contribution in [3.8, 4) is 5.75 Å². The number of esters is 1. The van der Waals surface area contributed by atoms with Crippen molar-refractivity contribution in [1.82, 2.24) is 0 Å². The average molecular weight is 274 g/mol. The Hall–Kier alpha value is -1.82. The first-order valence-electron chi connectivity index (χ1n) is 5.00. The van der Waals surface area contributed by atoms with Gasteiger partial charge in [0, 0.05) is 11.1 Å². The number of ether oxygens (including phenoxy) is 2. The molecule has 1 rings (SSSR count). The highest BCUT2D eigenvalue weighted by atomic mass is 35.5. The van der Waals surface area contributed by atoms with Gasteiger partial charge in [-0.1, -0.05) is 0 Å². The lowest BCUT2D eigenvalue weighted by molar-refractivity contribution is -0.385. The molecule has 0 amide bonds. The van der Waals surface area contributed by atoms with Gasteiger partial charge in [0.2, 0.25) is 0 Å². The average Bonchev–Trinajstić information content (AvgIpc) is 2.37. The maximum absolute atomic E-state index is 11.2. The molecule has 0 aliphatic carbocycles. The Labute approximate surface area is 109 Å². The first-order valence-corrected chi connectivity index (χ1v) is 5.53. The molecular formula is C11H12ClNO5. The van der Waals surface area contributed by atoms with E-state index in [1.54, 1.807) is 0 Å². The molecule has 1 aromatic rings. The van der Waals surface area contributed by atoms with E-state index < -0.39 is 10.9 Å². The number of hydrogen-bond donors (Lipinski definition) is 0. The Morgan fingerprint density at radius 2 is 2.06 bits per heavy atom. The maximum Gasteiger partial charge on any atom is 0.310 e. The maximum atomic E-state index is 11.2. The second-order valence-electron chi connectivity index (χ2n) is 3.44. The number of methoxy groups -OCH3 is 2. The van der Waals surface area contributed by atoms with E-state index >= 15 is 0 Å². The minimum absolute atomic E-state index is 0.134. The second-order valence-corrected chi connectivity index (χ2v) is 3.70. The van der Waals surface area contributed by atoms with Gasteiger partial charge in [0.05, 0.1) is 37.5 Å². The smallest absolute Gasteiger partial charge is 0.310 e. The Bertz CT molecular complexity index is 475. The number of nitro groups is 1. The summed E-state index contributed by atoms with van der Waals surface area (Å²) < 4.78 is 9.50. The highest BCUT2D eigenvalue weighted by Gasteiger charge is 2.20. The molecule has 0 bridgehead atoms. The zero-order chi connectivity index (χ0) is 13.7. The van der Waals surface area contributed by atoms with Gasteiger partial charge in [0.15, 0.2) is 0 Å². The summed E-state index contributed by atoms with van der Waals surface area (Å²) in [4.78, 5) is 21.6. The number of nitro benzene ring substituents is 1. The number of halogens is 1. The fourth-order valence-electron chi connectivity index (χ4n) is 1.50. The molecule has 6 nitrogen and oxygen atoms in total. The molecule has 0 N–H and O–H groups in total. The van der Waals surface area contributed by atoms with Gasteiger partial charge in [-0.15, -0.1) is 11.6 Å².